The summed E-state index contributed by atoms with van der Waals surface area (Å²) in [6.45, 7) is 1.67. The summed E-state index contributed by atoms with van der Waals surface area (Å²) in [5.41, 5.74) is 0. The lowest BCUT2D eigenvalue weighted by Crippen LogP contribution is -2.18. The second kappa shape index (κ2) is 3.25. The largest absolute Gasteiger partial charge is 0.300 e. The Morgan fingerprint density at radius 3 is 2.67 bits per heavy atom. The summed E-state index contributed by atoms with van der Waals surface area (Å²) in [7, 11) is 0. The topological polar surface area (TPSA) is 17.1 Å². The van der Waals surface area contributed by atoms with Gasteiger partial charge in [0, 0.05) is 6.42 Å². The predicted octanol–water partition coefficient (Wildman–Crippen LogP) is 1.72. The van der Waals surface area contributed by atoms with Crippen LogP contribution in [-0.4, -0.2) is 17.3 Å². The van der Waals surface area contributed by atoms with Gasteiger partial charge in [0.25, 0.3) is 0 Å². The van der Waals surface area contributed by atoms with Crippen LogP contribution in [0.25, 0.3) is 0 Å². The van der Waals surface area contributed by atoms with Gasteiger partial charge < -0.3 is 4.79 Å². The van der Waals surface area contributed by atoms with E-state index in [2.05, 4.69) is 0 Å². The highest BCUT2D eigenvalue weighted by atomic mass is 32.2. The smallest absolute Gasteiger partial charge is 0.129 e. The highest BCUT2D eigenvalue weighted by molar-refractivity contribution is 8.00. The number of carbonyl (C=O) groups excluding carboxylic acids is 1. The van der Waals surface area contributed by atoms with Gasteiger partial charge in [-0.3, -0.25) is 0 Å². The Hall–Kier alpha value is 0.0200. The van der Waals surface area contributed by atoms with Gasteiger partial charge >= 0.3 is 0 Å². The number of ketones is 1. The molecule has 0 radical (unpaired) electrons. The molecule has 0 aliphatic carbocycles. The second-order valence-corrected chi connectivity index (χ2v) is 3.72. The van der Waals surface area contributed by atoms with Crippen molar-refractivity contribution in [3.8, 4) is 0 Å². The molecule has 2 heteroatoms. The minimum Gasteiger partial charge on any atom is -0.300 e. The van der Waals surface area contributed by atoms with Gasteiger partial charge in [0.1, 0.15) is 5.78 Å². The van der Waals surface area contributed by atoms with Crippen LogP contribution in [0.5, 0.6) is 0 Å². The van der Waals surface area contributed by atoms with E-state index in [9.17, 15) is 4.79 Å². The summed E-state index contributed by atoms with van der Waals surface area (Å²) in [5.74, 6) is 3.77. The van der Waals surface area contributed by atoms with Gasteiger partial charge in [0.2, 0.25) is 0 Å². The first-order valence-corrected chi connectivity index (χ1v) is 4.51. The Morgan fingerprint density at radius 1 is 1.67 bits per heavy atom. The maximum absolute atomic E-state index is 10.5. The van der Waals surface area contributed by atoms with E-state index in [1.54, 1.807) is 6.92 Å². The lowest BCUT2D eigenvalue weighted by atomic mass is 10.1. The number of hydrogen-bond donors (Lipinski definition) is 0. The zero-order chi connectivity index (χ0) is 6.69. The maximum atomic E-state index is 10.5. The molecule has 0 atom stereocenters. The fourth-order valence-corrected chi connectivity index (χ4v) is 1.76. The molecular formula is C7H12OS. The van der Waals surface area contributed by atoms with Crippen molar-refractivity contribution in [1.82, 2.24) is 0 Å². The van der Waals surface area contributed by atoms with Crippen LogP contribution in [0.15, 0.2) is 0 Å². The first-order chi connectivity index (χ1) is 4.29. The fraction of sp³-hybridized carbons (Fsp3) is 0.857. The molecule has 1 aliphatic rings. The van der Waals surface area contributed by atoms with Crippen LogP contribution in [0, 0.1) is 5.92 Å². The Bertz CT molecular complexity index is 107. The first kappa shape index (κ1) is 7.13. The molecule has 0 aromatic rings. The van der Waals surface area contributed by atoms with Crippen molar-refractivity contribution in [3.05, 3.63) is 0 Å². The summed E-state index contributed by atoms with van der Waals surface area (Å²) in [6.07, 6.45) is 1.92. The number of carbonyl (C=O) groups is 1. The molecule has 0 spiro atoms. The van der Waals surface area contributed by atoms with Gasteiger partial charge in [0.15, 0.2) is 0 Å². The highest BCUT2D eigenvalue weighted by Gasteiger charge is 2.17. The summed E-state index contributed by atoms with van der Waals surface area (Å²) < 4.78 is 0. The summed E-state index contributed by atoms with van der Waals surface area (Å²) in [4.78, 5) is 10.5. The van der Waals surface area contributed by atoms with Crippen LogP contribution in [0.3, 0.4) is 0 Å². The molecule has 1 saturated heterocycles. The Morgan fingerprint density at radius 2 is 2.33 bits per heavy atom. The monoisotopic (exact) mass is 144 g/mol. The van der Waals surface area contributed by atoms with Gasteiger partial charge in [-0.2, -0.15) is 11.8 Å². The third-order valence-electron chi connectivity index (χ3n) is 1.61. The Balaban J connectivity index is 1.97. The second-order valence-electron chi connectivity index (χ2n) is 2.64. The van der Waals surface area contributed by atoms with E-state index in [0.29, 0.717) is 5.78 Å². The average molecular weight is 144 g/mol. The van der Waals surface area contributed by atoms with Crippen LogP contribution >= 0.6 is 11.8 Å². The van der Waals surface area contributed by atoms with Crippen molar-refractivity contribution < 1.29 is 4.79 Å². The molecule has 0 amide bonds. The van der Waals surface area contributed by atoms with Crippen molar-refractivity contribution in [2.45, 2.75) is 19.8 Å². The van der Waals surface area contributed by atoms with E-state index in [0.717, 1.165) is 18.8 Å². The van der Waals surface area contributed by atoms with E-state index in [4.69, 9.17) is 0 Å². The van der Waals surface area contributed by atoms with E-state index in [1.165, 1.54) is 11.5 Å². The van der Waals surface area contributed by atoms with Crippen LogP contribution in [-0.2, 0) is 4.79 Å². The van der Waals surface area contributed by atoms with E-state index < -0.39 is 0 Å². The summed E-state index contributed by atoms with van der Waals surface area (Å²) in [5, 5.41) is 0. The molecule has 9 heavy (non-hydrogen) atoms. The van der Waals surface area contributed by atoms with Crippen LogP contribution < -0.4 is 0 Å². The van der Waals surface area contributed by atoms with Gasteiger partial charge in [0.05, 0.1) is 0 Å². The number of rotatable bonds is 3. The third-order valence-corrected chi connectivity index (χ3v) is 3.03. The van der Waals surface area contributed by atoms with Crippen LogP contribution in [0.2, 0.25) is 0 Å². The fourth-order valence-electron chi connectivity index (χ4n) is 0.859. The molecule has 0 N–H and O–H groups in total. The normalized spacial score (nSPS) is 19.2. The summed E-state index contributed by atoms with van der Waals surface area (Å²) >= 11 is 1.99. The van der Waals surface area contributed by atoms with Crippen molar-refractivity contribution in [1.29, 1.82) is 0 Å². The molecule has 0 unspecified atom stereocenters. The average Bonchev–Trinajstić information content (AvgIpc) is 1.60. The highest BCUT2D eigenvalue weighted by Crippen LogP contribution is 2.28. The van der Waals surface area contributed by atoms with Gasteiger partial charge in [-0.05, 0) is 30.8 Å². The third kappa shape index (κ3) is 2.39. The Labute approximate surface area is 60.2 Å². The SMILES string of the molecule is CC(=O)CCC1CSC1. The van der Waals surface area contributed by atoms with Gasteiger partial charge in [-0.1, -0.05) is 0 Å². The van der Waals surface area contributed by atoms with Crippen molar-refractivity contribution in [2.75, 3.05) is 11.5 Å². The molecule has 0 aromatic heterocycles. The van der Waals surface area contributed by atoms with Crippen LogP contribution in [0.1, 0.15) is 19.8 Å². The molecule has 1 fully saturated rings. The van der Waals surface area contributed by atoms with E-state index in [1.807, 2.05) is 11.8 Å². The molecule has 1 heterocycles. The summed E-state index contributed by atoms with van der Waals surface area (Å²) in [6, 6.07) is 0. The van der Waals surface area contributed by atoms with Gasteiger partial charge in [-0.25, -0.2) is 0 Å². The lowest BCUT2D eigenvalue weighted by Gasteiger charge is -2.23. The first-order valence-electron chi connectivity index (χ1n) is 3.36. The van der Waals surface area contributed by atoms with Crippen molar-refractivity contribution in [2.24, 2.45) is 5.92 Å². The molecule has 1 rings (SSSR count). The minimum absolute atomic E-state index is 0.340. The molecule has 52 valence electrons. The molecule has 0 aromatic carbocycles. The predicted molar refractivity (Wildman–Crippen MR) is 40.7 cm³/mol. The molecule has 1 nitrogen and oxygen atoms in total. The standard InChI is InChI=1S/C7H12OS/c1-6(8)2-3-7-4-9-5-7/h7H,2-5H2,1H3. The lowest BCUT2D eigenvalue weighted by molar-refractivity contribution is -0.117. The molecule has 0 bridgehead atoms. The number of Topliss-reactive ketones (excluding diaryl/α,β-unsaturated/α-hetero) is 1. The molecule has 0 saturated carbocycles. The van der Waals surface area contributed by atoms with Gasteiger partial charge in [-0.15, -0.1) is 0 Å². The van der Waals surface area contributed by atoms with Crippen molar-refractivity contribution in [3.63, 3.8) is 0 Å². The molecular weight excluding hydrogens is 132 g/mol. The van der Waals surface area contributed by atoms with Crippen molar-refractivity contribution >= 4 is 17.5 Å². The zero-order valence-electron chi connectivity index (χ0n) is 5.72. The minimum atomic E-state index is 0.340. The maximum Gasteiger partial charge on any atom is 0.129 e. The number of hydrogen-bond acceptors (Lipinski definition) is 2. The molecule has 1 aliphatic heterocycles. The quantitative estimate of drug-likeness (QED) is 0.600. The van der Waals surface area contributed by atoms with Crippen LogP contribution in [0.4, 0.5) is 0 Å². The van der Waals surface area contributed by atoms with E-state index >= 15 is 0 Å². The Kier molecular flexibility index (Phi) is 2.58. The van der Waals surface area contributed by atoms with E-state index in [-0.39, 0.29) is 0 Å². The zero-order valence-corrected chi connectivity index (χ0v) is 6.54. The number of thioether (sulfide) groups is 1.